The van der Waals surface area contributed by atoms with E-state index in [1.807, 2.05) is 48.6 Å². The molecule has 0 fully saturated rings. The molecule has 0 heterocycles. The van der Waals surface area contributed by atoms with E-state index in [2.05, 4.69) is 35.6 Å². The van der Waals surface area contributed by atoms with Gasteiger partial charge in [0, 0.05) is 25.3 Å². The van der Waals surface area contributed by atoms with Gasteiger partial charge in [-0.3, -0.25) is 4.79 Å². The molecule has 2 aliphatic carbocycles. The first-order valence-corrected chi connectivity index (χ1v) is 11.1. The van der Waals surface area contributed by atoms with Gasteiger partial charge in [0.05, 0.1) is 0 Å². The second-order valence-electron chi connectivity index (χ2n) is 8.35. The Balaban J connectivity index is 1.15. The van der Waals surface area contributed by atoms with Crippen LogP contribution in [0, 0.1) is 0 Å². The molecule has 1 N–H and O–H groups in total. The van der Waals surface area contributed by atoms with Gasteiger partial charge < -0.3 is 10.1 Å². The summed E-state index contributed by atoms with van der Waals surface area (Å²) >= 11 is 0. The van der Waals surface area contributed by atoms with Crippen molar-refractivity contribution in [1.82, 2.24) is 5.32 Å². The maximum atomic E-state index is 12.3. The summed E-state index contributed by atoms with van der Waals surface area (Å²) < 4.78 is 5.56. The summed E-state index contributed by atoms with van der Waals surface area (Å²) in [7, 11) is 0. The van der Waals surface area contributed by atoms with Crippen molar-refractivity contribution in [2.75, 3.05) is 13.2 Å². The van der Waals surface area contributed by atoms with Crippen LogP contribution in [0.25, 0.3) is 17.2 Å². The quantitative estimate of drug-likeness (QED) is 0.606. The molecule has 0 bridgehead atoms. The highest BCUT2D eigenvalue weighted by atomic mass is 16.5. The SMILES string of the molecule is O=C1CCc2cc(C=CCNC(=O)OCC3c4ccccc4-c4ccccc43)ccc2C1. The molecule has 0 saturated heterocycles. The Hall–Kier alpha value is -3.66. The topological polar surface area (TPSA) is 55.4 Å². The maximum absolute atomic E-state index is 12.3. The van der Waals surface area contributed by atoms with Crippen molar-refractivity contribution in [3.63, 3.8) is 0 Å². The zero-order valence-electron chi connectivity index (χ0n) is 17.8. The van der Waals surface area contributed by atoms with Crippen LogP contribution >= 0.6 is 0 Å². The van der Waals surface area contributed by atoms with E-state index in [9.17, 15) is 9.59 Å². The lowest BCUT2D eigenvalue weighted by atomic mass is 9.89. The van der Waals surface area contributed by atoms with Gasteiger partial charge >= 0.3 is 6.09 Å². The molecule has 0 unspecified atom stereocenters. The molecule has 0 spiro atoms. The van der Waals surface area contributed by atoms with E-state index in [1.54, 1.807) is 0 Å². The fourth-order valence-electron chi connectivity index (χ4n) is 4.72. The number of rotatable bonds is 5. The van der Waals surface area contributed by atoms with Crippen molar-refractivity contribution in [2.45, 2.75) is 25.2 Å². The summed E-state index contributed by atoms with van der Waals surface area (Å²) in [6.45, 7) is 0.708. The van der Waals surface area contributed by atoms with Crippen molar-refractivity contribution < 1.29 is 14.3 Å². The normalized spacial score (nSPS) is 14.7. The summed E-state index contributed by atoms with van der Waals surface area (Å²) in [5.41, 5.74) is 8.30. The molecule has 160 valence electrons. The molecule has 0 aliphatic heterocycles. The Morgan fingerprint density at radius 1 is 0.938 bits per heavy atom. The molecule has 4 heteroatoms. The number of amides is 1. The summed E-state index contributed by atoms with van der Waals surface area (Å²) in [5.74, 6) is 0.374. The highest BCUT2D eigenvalue weighted by molar-refractivity contribution is 5.83. The minimum absolute atomic E-state index is 0.0612. The van der Waals surface area contributed by atoms with Crippen LogP contribution in [0.15, 0.2) is 72.8 Å². The lowest BCUT2D eigenvalue weighted by Crippen LogP contribution is -2.26. The second kappa shape index (κ2) is 8.83. The summed E-state index contributed by atoms with van der Waals surface area (Å²) in [5, 5.41) is 2.80. The van der Waals surface area contributed by atoms with Gasteiger partial charge in [0.15, 0.2) is 0 Å². The van der Waals surface area contributed by atoms with Gasteiger partial charge in [0.25, 0.3) is 0 Å². The van der Waals surface area contributed by atoms with Crippen LogP contribution in [-0.2, 0) is 22.4 Å². The predicted molar refractivity (Wildman–Crippen MR) is 126 cm³/mol. The van der Waals surface area contributed by atoms with E-state index in [-0.39, 0.29) is 5.92 Å². The molecule has 5 rings (SSSR count). The highest BCUT2D eigenvalue weighted by Gasteiger charge is 2.28. The highest BCUT2D eigenvalue weighted by Crippen LogP contribution is 2.44. The molecule has 2 aliphatic rings. The molecule has 0 atom stereocenters. The number of nitrogens with one attached hydrogen (secondary N) is 1. The van der Waals surface area contributed by atoms with Crippen LogP contribution in [0.1, 0.15) is 40.2 Å². The number of benzene rings is 3. The summed E-state index contributed by atoms with van der Waals surface area (Å²) in [6, 6.07) is 22.8. The van der Waals surface area contributed by atoms with Crippen molar-refractivity contribution >= 4 is 18.0 Å². The van der Waals surface area contributed by atoms with Gasteiger partial charge in [0.2, 0.25) is 0 Å². The van der Waals surface area contributed by atoms with Crippen molar-refractivity contribution in [3.05, 3.63) is 101 Å². The molecule has 3 aromatic rings. The number of carbonyl (C=O) groups is 2. The molecular weight excluding hydrogens is 398 g/mol. The fourth-order valence-corrected chi connectivity index (χ4v) is 4.72. The Morgan fingerprint density at radius 3 is 2.41 bits per heavy atom. The van der Waals surface area contributed by atoms with E-state index >= 15 is 0 Å². The van der Waals surface area contributed by atoms with Crippen LogP contribution < -0.4 is 5.32 Å². The molecule has 0 aromatic heterocycles. The minimum Gasteiger partial charge on any atom is -0.449 e. The lowest BCUT2D eigenvalue weighted by Gasteiger charge is -2.15. The standard InChI is InChI=1S/C28H25NO3/c30-22-14-13-20-16-19(11-12-21(20)17-22)6-5-15-29-28(31)32-18-27-25-9-3-1-7-23(25)24-8-2-4-10-26(24)27/h1-12,16,27H,13-15,17-18H2,(H,29,31). The first kappa shape index (κ1) is 20.3. The molecule has 0 saturated carbocycles. The van der Waals surface area contributed by atoms with E-state index in [1.165, 1.54) is 27.8 Å². The molecule has 4 nitrogen and oxygen atoms in total. The molecule has 0 radical (unpaired) electrons. The molecule has 3 aromatic carbocycles. The Morgan fingerprint density at radius 2 is 1.66 bits per heavy atom. The Bertz CT molecular complexity index is 1170. The molecule has 1 amide bonds. The summed E-state index contributed by atoms with van der Waals surface area (Å²) in [6.07, 6.45) is 5.47. The third kappa shape index (κ3) is 4.09. The minimum atomic E-state index is -0.416. The number of hydrogen-bond donors (Lipinski definition) is 1. The lowest BCUT2D eigenvalue weighted by molar-refractivity contribution is -0.118. The number of hydrogen-bond acceptors (Lipinski definition) is 3. The third-order valence-electron chi connectivity index (χ3n) is 6.31. The zero-order chi connectivity index (χ0) is 21.9. The smallest absolute Gasteiger partial charge is 0.407 e. The van der Waals surface area contributed by atoms with Gasteiger partial charge in [-0.15, -0.1) is 0 Å². The molecule has 32 heavy (non-hydrogen) atoms. The van der Waals surface area contributed by atoms with Gasteiger partial charge in [-0.05, 0) is 45.4 Å². The van der Waals surface area contributed by atoms with E-state index in [4.69, 9.17) is 4.74 Å². The Labute approximate surface area is 187 Å². The second-order valence-corrected chi connectivity index (χ2v) is 8.35. The number of fused-ring (bicyclic) bond motifs is 4. The monoisotopic (exact) mass is 423 g/mol. The number of aryl methyl sites for hydroxylation is 1. The zero-order valence-corrected chi connectivity index (χ0v) is 17.8. The van der Waals surface area contributed by atoms with Crippen molar-refractivity contribution in [2.24, 2.45) is 0 Å². The van der Waals surface area contributed by atoms with Gasteiger partial charge in [0.1, 0.15) is 12.4 Å². The number of ketones is 1. The van der Waals surface area contributed by atoms with Crippen molar-refractivity contribution in [1.29, 1.82) is 0 Å². The van der Waals surface area contributed by atoms with Crippen LogP contribution in [0.5, 0.6) is 0 Å². The average Bonchev–Trinajstić information content (AvgIpc) is 3.14. The number of alkyl carbamates (subject to hydrolysis) is 1. The predicted octanol–water partition coefficient (Wildman–Crippen LogP) is 5.30. The number of Topliss-reactive ketones (excluding diaryl/α,β-unsaturated/α-hetero) is 1. The van der Waals surface area contributed by atoms with Crippen LogP contribution in [0.2, 0.25) is 0 Å². The van der Waals surface area contributed by atoms with E-state index < -0.39 is 6.09 Å². The molecular formula is C28H25NO3. The van der Waals surface area contributed by atoms with Gasteiger partial charge in [-0.25, -0.2) is 4.79 Å². The number of carbonyl (C=O) groups excluding carboxylic acids is 2. The summed E-state index contributed by atoms with van der Waals surface area (Å²) in [4.78, 5) is 23.8. The largest absolute Gasteiger partial charge is 0.449 e. The Kier molecular flexibility index (Phi) is 5.59. The van der Waals surface area contributed by atoms with Crippen LogP contribution in [0.4, 0.5) is 4.79 Å². The van der Waals surface area contributed by atoms with E-state index in [0.29, 0.717) is 31.8 Å². The number of ether oxygens (including phenoxy) is 1. The average molecular weight is 424 g/mol. The van der Waals surface area contributed by atoms with Crippen molar-refractivity contribution in [3.8, 4) is 11.1 Å². The maximum Gasteiger partial charge on any atom is 0.407 e. The van der Waals surface area contributed by atoms with Crippen LogP contribution in [-0.4, -0.2) is 25.0 Å². The van der Waals surface area contributed by atoms with Gasteiger partial charge in [-0.1, -0.05) is 78.9 Å². The fraction of sp³-hybridized carbons (Fsp3) is 0.214. The van der Waals surface area contributed by atoms with Crippen LogP contribution in [0.3, 0.4) is 0 Å². The third-order valence-corrected chi connectivity index (χ3v) is 6.31. The van der Waals surface area contributed by atoms with E-state index in [0.717, 1.165) is 17.5 Å². The van der Waals surface area contributed by atoms with Gasteiger partial charge in [-0.2, -0.15) is 0 Å². The first-order valence-electron chi connectivity index (χ1n) is 11.1. The first-order chi connectivity index (χ1) is 15.7.